The van der Waals surface area contributed by atoms with Crippen LogP contribution in [0.15, 0.2) is 226 Å². The van der Waals surface area contributed by atoms with Gasteiger partial charge in [0.1, 0.15) is 19.6 Å². The van der Waals surface area contributed by atoms with Gasteiger partial charge in [-0.25, -0.2) is 73.5 Å². The predicted molar refractivity (Wildman–Crippen MR) is 507 cm³/mol. The molecule has 4 atom stereocenters. The van der Waals surface area contributed by atoms with Gasteiger partial charge in [-0.2, -0.15) is 0 Å². The van der Waals surface area contributed by atoms with Crippen LogP contribution in [0.1, 0.15) is 147 Å². The van der Waals surface area contributed by atoms with Crippen LogP contribution in [0.25, 0.3) is 45.6 Å². The molecule has 8 aliphatic rings. The first-order valence-corrected chi connectivity index (χ1v) is 51.9. The number of aryl methyl sites for hydroxylation is 4. The second-order valence-corrected chi connectivity index (χ2v) is 44.2. The molecule has 0 bridgehead atoms. The van der Waals surface area contributed by atoms with Crippen LogP contribution >= 0.6 is 46.4 Å². The lowest BCUT2D eigenvalue weighted by Gasteiger charge is -2.20. The van der Waals surface area contributed by atoms with E-state index in [4.69, 9.17) is 80.0 Å². The third kappa shape index (κ3) is 22.3. The van der Waals surface area contributed by atoms with Crippen molar-refractivity contribution < 1.29 is 72.4 Å². The Kier molecular flexibility index (Phi) is 28.8. The van der Waals surface area contributed by atoms with Crippen molar-refractivity contribution in [3.8, 4) is 45.6 Å². The maximum absolute atomic E-state index is 12.9. The van der Waals surface area contributed by atoms with Gasteiger partial charge >= 0.3 is 28.5 Å². The molecule has 36 heteroatoms. The van der Waals surface area contributed by atoms with Crippen molar-refractivity contribution in [3.63, 3.8) is 0 Å². The Balaban J connectivity index is 0.000000122. The fourth-order valence-corrected chi connectivity index (χ4v) is 25.8. The van der Waals surface area contributed by atoms with Crippen molar-refractivity contribution in [2.75, 3.05) is 42.8 Å². The Labute approximate surface area is 783 Å². The SMILES string of the molecule is C=C1CC(c2ccc(Cc3nc(-c4cccc(Cl)c4)nc4c3S(=O)(=O)CCC4)cc2)B(O)O1.O=S1(=O)CCCc2nc(-c3cccc(Cl)c3)nc(Cc3ccc(C4CCOB4O)cc3)c21.O=S1(=O)CCCc2nc(-c3cccc(Cl)c3)nc(Cc3ccc(CC4CCOB4O)cc3)c21.O=S1(=O)CCCc2nc(-c3cccc(Cl)c3)nc(Cc3ccc(CC4COB(O)C4)cc3)c21. The maximum Gasteiger partial charge on any atom is 0.530 e. The molecule has 4 saturated heterocycles. The highest BCUT2D eigenvalue weighted by Gasteiger charge is 2.41. The number of fused-ring (bicyclic) bond motifs is 4. The second kappa shape index (κ2) is 40.4. The molecule has 8 aromatic carbocycles. The van der Waals surface area contributed by atoms with E-state index < -0.39 is 67.8 Å². The smallest absolute Gasteiger partial charge is 0.530 e. The number of hydrogen-bond acceptors (Lipinski definition) is 24. The summed E-state index contributed by atoms with van der Waals surface area (Å²) in [5.41, 5.74) is 15.5. The fraction of sp³-hybridized carbons (Fsp3) is 0.305. The lowest BCUT2D eigenvalue weighted by Crippen LogP contribution is -2.21. The van der Waals surface area contributed by atoms with Crippen molar-refractivity contribution in [1.29, 1.82) is 0 Å². The minimum absolute atomic E-state index is 0.0364. The van der Waals surface area contributed by atoms with E-state index in [0.717, 1.165) is 86.9 Å². The molecule has 0 amide bonds. The summed E-state index contributed by atoms with van der Waals surface area (Å²) in [4.78, 5) is 38.4. The Morgan fingerprint density at radius 2 is 0.687 bits per heavy atom. The zero-order valence-electron chi connectivity index (χ0n) is 71.4. The zero-order chi connectivity index (χ0) is 91.5. The van der Waals surface area contributed by atoms with Gasteiger partial charge in [0, 0.05) is 106 Å². The van der Waals surface area contributed by atoms with Gasteiger partial charge in [-0.1, -0.05) is 199 Å². The van der Waals surface area contributed by atoms with Gasteiger partial charge < -0.3 is 38.7 Å². The highest BCUT2D eigenvalue weighted by atomic mass is 35.5. The second-order valence-electron chi connectivity index (χ2n) is 34.3. The lowest BCUT2D eigenvalue weighted by atomic mass is 9.69. The number of sulfone groups is 4. The number of aromatic nitrogens is 8. The highest BCUT2D eigenvalue weighted by Crippen LogP contribution is 2.40. The summed E-state index contributed by atoms with van der Waals surface area (Å²) in [6.07, 6.45) is 10.6. The average molecular weight is 1920 g/mol. The molecule has 4 unspecified atom stereocenters. The van der Waals surface area contributed by atoms with Crippen molar-refractivity contribution in [3.05, 3.63) is 317 Å². The van der Waals surface area contributed by atoms with Crippen molar-refractivity contribution in [1.82, 2.24) is 39.9 Å². The van der Waals surface area contributed by atoms with Gasteiger partial charge in [-0.3, -0.25) is 0 Å². The fourth-order valence-electron chi connectivity index (χ4n) is 18.2. The predicted octanol–water partition coefficient (Wildman–Crippen LogP) is 15.5. The molecule has 12 aromatic rings. The van der Waals surface area contributed by atoms with Crippen molar-refractivity contribution in [2.24, 2.45) is 5.92 Å². The first-order valence-electron chi connectivity index (χ1n) is 43.8. The summed E-state index contributed by atoms with van der Waals surface area (Å²) in [5, 5.41) is 41.8. The lowest BCUT2D eigenvalue weighted by molar-refractivity contribution is 0.274. The largest absolute Gasteiger partial charge is 0.540 e. The molecule has 4 N–H and O–H groups in total. The number of hydrogen-bond donors (Lipinski definition) is 4. The van der Waals surface area contributed by atoms with E-state index >= 15 is 0 Å². The van der Waals surface area contributed by atoms with Crippen LogP contribution < -0.4 is 0 Å². The zero-order valence-corrected chi connectivity index (χ0v) is 77.7. The quantitative estimate of drug-likeness (QED) is 0.0580. The van der Waals surface area contributed by atoms with E-state index in [9.17, 15) is 53.8 Å². The summed E-state index contributed by atoms with van der Waals surface area (Å²) in [6.45, 7) is 5.49. The van der Waals surface area contributed by atoms with Crippen molar-refractivity contribution >= 4 is 114 Å². The molecule has 8 aliphatic heterocycles. The summed E-state index contributed by atoms with van der Waals surface area (Å²) < 4.78 is 124. The molecule has 0 spiro atoms. The van der Waals surface area contributed by atoms with Crippen LogP contribution in [0.2, 0.25) is 32.2 Å². The molecule has 0 aliphatic carbocycles. The highest BCUT2D eigenvalue weighted by molar-refractivity contribution is 7.92. The van der Waals surface area contributed by atoms with Crippen LogP contribution in [0.3, 0.4) is 0 Å². The third-order valence-electron chi connectivity index (χ3n) is 24.7. The molecule has 4 aromatic heterocycles. The van der Waals surface area contributed by atoms with E-state index in [0.29, 0.717) is 215 Å². The standard InChI is InChI=1S/C24H22BClN2O4S.2C24H24BClN2O4S.C23H22BClN2O4S/c1-15-12-20(25(29)32-15)17-9-7-16(8-10-17)13-22-23-21(6-3-11-33(23,30)31)27-24(28-22)18-4-2-5-19(26)14-18;26-20-4-1-3-18(15-20)24-27-21-5-2-12-33(30,31)23(21)22(28-24)14-17-8-6-16(7-9-17)13-19-10-11-32-25(19)29;26-20-4-1-3-19(13-20)24-27-21-5-2-10-33(30,31)23(21)22(28-24)12-17-8-6-16(7-9-17)11-18-14-25(29)32-15-18;25-18-4-1-3-17(14-18)23-26-20-5-2-12-32(29,30)22(20)21(27-23)13-15-6-8-16(9-7-15)19-10-11-31-24(19)28/h2,4-5,7-10,14,20,29H,1,3,6,11-13H2;1,3-4,6-9,15,19,29H,2,5,10-14H2;1,3-4,6-9,13,18,29H,2,5,10-12,14-15H2;1,3-4,6-9,14,19,28H,2,5,10-13H2. The Bertz CT molecular complexity index is 6800. The summed E-state index contributed by atoms with van der Waals surface area (Å²) >= 11 is 24.6. The molecular weight excluding hydrogens is 1820 g/mol. The Morgan fingerprint density at radius 3 is 0.985 bits per heavy atom. The van der Waals surface area contributed by atoms with E-state index in [2.05, 4.69) is 43.6 Å². The molecule has 131 heavy (non-hydrogen) atoms. The number of benzene rings is 8. The van der Waals surface area contributed by atoms with Gasteiger partial charge in [0.25, 0.3) is 0 Å². The van der Waals surface area contributed by atoms with E-state index in [1.54, 1.807) is 48.5 Å². The summed E-state index contributed by atoms with van der Waals surface area (Å²) in [5.74, 6) is 3.22. The van der Waals surface area contributed by atoms with Gasteiger partial charge in [-0.05, 0) is 188 Å². The number of rotatable bonds is 18. The van der Waals surface area contributed by atoms with E-state index in [-0.39, 0.29) is 55.1 Å². The topological polar surface area (TPSA) is 358 Å². The van der Waals surface area contributed by atoms with E-state index in [1.165, 1.54) is 5.56 Å². The van der Waals surface area contributed by atoms with Crippen LogP contribution in [0.4, 0.5) is 0 Å². The molecular formula is C95H92B4Cl4N8O16S4. The van der Waals surface area contributed by atoms with Crippen LogP contribution in [0.5, 0.6) is 0 Å². The van der Waals surface area contributed by atoms with Crippen LogP contribution in [0, 0.1) is 5.92 Å². The number of halogens is 4. The van der Waals surface area contributed by atoms with Gasteiger partial charge in [0.05, 0.1) is 74.3 Å². The minimum atomic E-state index is -3.44. The average Bonchev–Trinajstić information content (AvgIpc) is 1.54. The summed E-state index contributed by atoms with van der Waals surface area (Å²) in [6, 6.07) is 60.9. The monoisotopic (exact) mass is 1910 g/mol. The molecule has 4 fully saturated rings. The first kappa shape index (κ1) is 93.4. The van der Waals surface area contributed by atoms with Gasteiger partial charge in [0.2, 0.25) is 0 Å². The number of nitrogens with zero attached hydrogens (tertiary/aromatic N) is 8. The maximum atomic E-state index is 12.9. The van der Waals surface area contributed by atoms with Crippen LogP contribution in [-0.4, -0.2) is 165 Å². The molecule has 0 radical (unpaired) electrons. The van der Waals surface area contributed by atoms with Gasteiger partial charge in [-0.15, -0.1) is 0 Å². The molecule has 12 heterocycles. The molecule has 20 rings (SSSR count). The first-order chi connectivity index (χ1) is 63.0. The summed E-state index contributed by atoms with van der Waals surface area (Å²) in [7, 11) is -16.8. The van der Waals surface area contributed by atoms with Gasteiger partial charge in [0.15, 0.2) is 62.6 Å². The van der Waals surface area contributed by atoms with E-state index in [1.807, 2.05) is 133 Å². The Morgan fingerprint density at radius 1 is 0.366 bits per heavy atom. The Hall–Kier alpha value is -9.44. The molecule has 672 valence electrons. The molecule has 24 nitrogen and oxygen atoms in total. The number of allylic oxidation sites excluding steroid dienone is 1. The minimum Gasteiger partial charge on any atom is -0.540 e. The normalized spacial score (nSPS) is 19.5. The molecule has 0 saturated carbocycles. The van der Waals surface area contributed by atoms with Crippen LogP contribution in [-0.2, 0) is 122 Å². The van der Waals surface area contributed by atoms with Crippen molar-refractivity contribution in [2.45, 2.75) is 153 Å². The third-order valence-corrected chi connectivity index (χ3v) is 33.3.